The molecule has 0 aliphatic rings. The van der Waals surface area contributed by atoms with E-state index in [4.69, 9.17) is 10.00 Å². The highest BCUT2D eigenvalue weighted by Crippen LogP contribution is 2.41. The second kappa shape index (κ2) is 8.95. The summed E-state index contributed by atoms with van der Waals surface area (Å²) in [6.07, 6.45) is -5.12. The van der Waals surface area contributed by atoms with Crippen molar-refractivity contribution in [2.75, 3.05) is 24.1 Å². The first-order chi connectivity index (χ1) is 14.1. The summed E-state index contributed by atoms with van der Waals surface area (Å²) >= 11 is 0. The Morgan fingerprint density at radius 1 is 1.17 bits per heavy atom. The van der Waals surface area contributed by atoms with Crippen LogP contribution in [0.15, 0.2) is 36.4 Å². The van der Waals surface area contributed by atoms with Gasteiger partial charge in [0.25, 0.3) is 0 Å². The number of nitrogens with zero attached hydrogens (tertiary/aromatic N) is 4. The van der Waals surface area contributed by atoms with Crippen molar-refractivity contribution in [1.29, 1.82) is 5.26 Å². The van der Waals surface area contributed by atoms with Crippen molar-refractivity contribution in [3.05, 3.63) is 62.2 Å². The molecule has 1 N–H and O–H groups in total. The number of benzene rings is 2. The number of hydrazine groups is 1. The van der Waals surface area contributed by atoms with Gasteiger partial charge in [0.05, 0.1) is 47.2 Å². The highest BCUT2D eigenvalue weighted by Gasteiger charge is 2.38. The van der Waals surface area contributed by atoms with Crippen LogP contribution in [0.5, 0.6) is 5.75 Å². The molecule has 0 heterocycles. The highest BCUT2D eigenvalue weighted by molar-refractivity contribution is 5.77. The van der Waals surface area contributed by atoms with E-state index in [-0.39, 0.29) is 25.1 Å². The van der Waals surface area contributed by atoms with Gasteiger partial charge in [0.2, 0.25) is 5.69 Å². The monoisotopic (exact) mass is 425 g/mol. The Labute approximate surface area is 167 Å². The van der Waals surface area contributed by atoms with Gasteiger partial charge >= 0.3 is 17.6 Å². The number of nitro groups is 2. The third-order valence-electron chi connectivity index (χ3n) is 3.88. The average molecular weight is 425 g/mol. The predicted octanol–water partition coefficient (Wildman–Crippen LogP) is 4.28. The number of hydrogen-bond donors (Lipinski definition) is 1. The lowest BCUT2D eigenvalue weighted by Gasteiger charge is -2.26. The first-order valence-electron chi connectivity index (χ1n) is 8.17. The van der Waals surface area contributed by atoms with Crippen molar-refractivity contribution < 1.29 is 27.8 Å². The van der Waals surface area contributed by atoms with Gasteiger partial charge in [-0.05, 0) is 12.1 Å². The van der Waals surface area contributed by atoms with Gasteiger partial charge in [-0.2, -0.15) is 18.4 Å². The molecule has 0 fully saturated rings. The number of halogens is 3. The van der Waals surface area contributed by atoms with Crippen LogP contribution < -0.4 is 15.2 Å². The molecule has 2 aromatic rings. The minimum absolute atomic E-state index is 0.0843. The van der Waals surface area contributed by atoms with Crippen LogP contribution in [0.3, 0.4) is 0 Å². The average Bonchev–Trinajstić information content (AvgIpc) is 2.69. The molecule has 0 aliphatic carbocycles. The summed E-state index contributed by atoms with van der Waals surface area (Å²) in [4.78, 5) is 20.5. The van der Waals surface area contributed by atoms with Gasteiger partial charge in [0.1, 0.15) is 5.75 Å². The highest BCUT2D eigenvalue weighted by atomic mass is 19.4. The molecule has 0 unspecified atom stereocenters. The fraction of sp³-hybridized carbons (Fsp3) is 0.235. The standard InChI is InChI=1S/C17H14F3N5O5/c1-30-13-5-2-4-12(10-13)23(7-3-6-21)22-16-14(24(26)27)8-11(17(18,19)20)9-15(16)25(28)29/h2,4-5,8-10,22H,3,7H2,1H3. The Bertz CT molecular complexity index is 971. The molecule has 0 atom stereocenters. The summed E-state index contributed by atoms with van der Waals surface area (Å²) in [5.41, 5.74) is -1.81. The van der Waals surface area contributed by atoms with E-state index in [1.807, 2.05) is 6.07 Å². The number of hydrogen-bond acceptors (Lipinski definition) is 8. The summed E-state index contributed by atoms with van der Waals surface area (Å²) < 4.78 is 44.2. The summed E-state index contributed by atoms with van der Waals surface area (Å²) in [6.45, 7) is -0.0843. The summed E-state index contributed by atoms with van der Waals surface area (Å²) in [7, 11) is 1.39. The van der Waals surface area contributed by atoms with Gasteiger partial charge in [-0.25, -0.2) is 0 Å². The van der Waals surface area contributed by atoms with Crippen LogP contribution in [0.4, 0.5) is 35.9 Å². The molecule has 0 aromatic heterocycles. The minimum atomic E-state index is -5.03. The number of nitrogens with one attached hydrogen (secondary N) is 1. The molecule has 0 amide bonds. The van der Waals surface area contributed by atoms with Crippen molar-refractivity contribution in [2.24, 2.45) is 0 Å². The van der Waals surface area contributed by atoms with Gasteiger partial charge < -0.3 is 4.74 Å². The third kappa shape index (κ3) is 5.04. The maximum atomic E-state index is 13.1. The molecule has 0 spiro atoms. The molecule has 0 radical (unpaired) electrons. The number of rotatable bonds is 8. The molecule has 0 aliphatic heterocycles. The number of ether oxygens (including phenoxy) is 1. The van der Waals surface area contributed by atoms with Crippen LogP contribution in [0.1, 0.15) is 12.0 Å². The molecule has 2 aromatic carbocycles. The Balaban J connectivity index is 2.64. The zero-order chi connectivity index (χ0) is 22.5. The molecule has 2 rings (SSSR count). The normalized spacial score (nSPS) is 10.8. The molecule has 0 saturated heterocycles. The maximum absolute atomic E-state index is 13.1. The molecule has 0 bridgehead atoms. The predicted molar refractivity (Wildman–Crippen MR) is 98.9 cm³/mol. The second-order valence-corrected chi connectivity index (χ2v) is 5.77. The third-order valence-corrected chi connectivity index (χ3v) is 3.88. The van der Waals surface area contributed by atoms with Crippen molar-refractivity contribution >= 4 is 22.7 Å². The molecule has 0 saturated carbocycles. The molecule has 30 heavy (non-hydrogen) atoms. The fourth-order valence-corrected chi connectivity index (χ4v) is 2.50. The van der Waals surface area contributed by atoms with Crippen molar-refractivity contribution in [3.63, 3.8) is 0 Å². The second-order valence-electron chi connectivity index (χ2n) is 5.77. The van der Waals surface area contributed by atoms with Gasteiger partial charge in [-0.3, -0.25) is 30.7 Å². The van der Waals surface area contributed by atoms with Gasteiger partial charge in [-0.15, -0.1) is 0 Å². The summed E-state index contributed by atoms with van der Waals surface area (Å²) in [6, 6.07) is 8.43. The van der Waals surface area contributed by atoms with E-state index < -0.39 is 38.6 Å². The first-order valence-corrected chi connectivity index (χ1v) is 8.17. The van der Waals surface area contributed by atoms with Crippen LogP contribution in [0.25, 0.3) is 0 Å². The van der Waals surface area contributed by atoms with Gasteiger partial charge in [0.15, 0.2) is 0 Å². The van der Waals surface area contributed by atoms with E-state index in [0.29, 0.717) is 11.4 Å². The first kappa shape index (κ1) is 22.2. The zero-order valence-electron chi connectivity index (χ0n) is 15.3. The SMILES string of the molecule is COc1cccc(N(CCC#N)Nc2c([N+](=O)[O-])cc(C(F)(F)F)cc2[N+](=O)[O-])c1. The lowest BCUT2D eigenvalue weighted by molar-refractivity contribution is -0.392. The molecule has 158 valence electrons. The Hall–Kier alpha value is -4.08. The molecule has 10 nitrogen and oxygen atoms in total. The lowest BCUT2D eigenvalue weighted by atomic mass is 10.1. The van der Waals surface area contributed by atoms with E-state index in [0.717, 1.165) is 0 Å². The minimum Gasteiger partial charge on any atom is -0.497 e. The van der Waals surface area contributed by atoms with Crippen molar-refractivity contribution in [1.82, 2.24) is 0 Å². The molecule has 13 heteroatoms. The zero-order valence-corrected chi connectivity index (χ0v) is 15.3. The Morgan fingerprint density at radius 2 is 1.77 bits per heavy atom. The van der Waals surface area contributed by atoms with Gasteiger partial charge in [-0.1, -0.05) is 6.07 Å². The molecular formula is C17H14F3N5O5. The topological polar surface area (TPSA) is 135 Å². The van der Waals surface area contributed by atoms with Crippen molar-refractivity contribution in [3.8, 4) is 11.8 Å². The Kier molecular flexibility index (Phi) is 6.62. The van der Waals surface area contributed by atoms with E-state index in [1.54, 1.807) is 12.1 Å². The lowest BCUT2D eigenvalue weighted by Crippen LogP contribution is -2.31. The van der Waals surface area contributed by atoms with Crippen LogP contribution >= 0.6 is 0 Å². The smallest absolute Gasteiger partial charge is 0.416 e. The van der Waals surface area contributed by atoms with E-state index in [9.17, 15) is 33.4 Å². The summed E-state index contributed by atoms with van der Waals surface area (Å²) in [5.74, 6) is 0.382. The van der Waals surface area contributed by atoms with Crippen LogP contribution in [0.2, 0.25) is 0 Å². The van der Waals surface area contributed by atoms with Crippen LogP contribution in [-0.2, 0) is 6.18 Å². The Morgan fingerprint density at radius 3 is 2.23 bits per heavy atom. The van der Waals surface area contributed by atoms with E-state index in [1.165, 1.54) is 24.3 Å². The largest absolute Gasteiger partial charge is 0.497 e. The number of alkyl halides is 3. The van der Waals surface area contributed by atoms with Gasteiger partial charge in [0, 0.05) is 18.2 Å². The maximum Gasteiger partial charge on any atom is 0.416 e. The number of nitro benzene ring substituents is 2. The quantitative estimate of drug-likeness (QED) is 0.489. The van der Waals surface area contributed by atoms with E-state index in [2.05, 4.69) is 5.43 Å². The summed E-state index contributed by atoms with van der Waals surface area (Å²) in [5, 5.41) is 32.8. The fourth-order valence-electron chi connectivity index (χ4n) is 2.50. The number of nitriles is 1. The van der Waals surface area contributed by atoms with Crippen LogP contribution in [0, 0.1) is 31.6 Å². The van der Waals surface area contributed by atoms with Crippen molar-refractivity contribution in [2.45, 2.75) is 12.6 Å². The van der Waals surface area contributed by atoms with E-state index >= 15 is 0 Å². The number of anilines is 2. The molecular weight excluding hydrogens is 411 g/mol. The van der Waals surface area contributed by atoms with Crippen LogP contribution in [-0.4, -0.2) is 23.5 Å². The number of methoxy groups -OCH3 is 1.